The molecule has 1 amide bonds. The Labute approximate surface area is 174 Å². The fourth-order valence-corrected chi connectivity index (χ4v) is 4.75. The van der Waals surface area contributed by atoms with Gasteiger partial charge < -0.3 is 5.32 Å². The molecule has 1 aromatic heterocycles. The lowest BCUT2D eigenvalue weighted by Crippen LogP contribution is -2.41. The highest BCUT2D eigenvalue weighted by atomic mass is 32.2. The third-order valence-electron chi connectivity index (χ3n) is 5.55. The molecular weight excluding hydrogens is 382 g/mol. The van der Waals surface area contributed by atoms with Gasteiger partial charge >= 0.3 is 0 Å². The van der Waals surface area contributed by atoms with Crippen LogP contribution in [0.3, 0.4) is 0 Å². The summed E-state index contributed by atoms with van der Waals surface area (Å²) in [5.74, 6) is 0.746. The van der Waals surface area contributed by atoms with Crippen LogP contribution < -0.4 is 10.9 Å². The van der Waals surface area contributed by atoms with Crippen LogP contribution in [-0.4, -0.2) is 27.3 Å². The molecule has 2 aromatic carbocycles. The summed E-state index contributed by atoms with van der Waals surface area (Å²) in [6.07, 6.45) is 4.62. The largest absolute Gasteiger partial charge is 0.352 e. The van der Waals surface area contributed by atoms with Crippen LogP contribution in [-0.2, 0) is 4.79 Å². The normalized spacial score (nSPS) is 19.2. The summed E-state index contributed by atoms with van der Waals surface area (Å²) in [7, 11) is 0. The number of nitrogens with one attached hydrogen (secondary N) is 1. The molecule has 2 atom stereocenters. The van der Waals surface area contributed by atoms with Gasteiger partial charge in [-0.25, -0.2) is 4.98 Å². The molecular formula is C23H25N3O2S. The second kappa shape index (κ2) is 8.82. The van der Waals surface area contributed by atoms with Gasteiger partial charge in [-0.3, -0.25) is 14.2 Å². The Hall–Kier alpha value is -2.60. The fraction of sp³-hybridized carbons (Fsp3) is 0.348. The molecule has 150 valence electrons. The molecule has 1 N–H and O–H groups in total. The highest BCUT2D eigenvalue weighted by molar-refractivity contribution is 7.99. The predicted molar refractivity (Wildman–Crippen MR) is 118 cm³/mol. The van der Waals surface area contributed by atoms with Crippen molar-refractivity contribution in [3.05, 3.63) is 65.0 Å². The number of hydrogen-bond acceptors (Lipinski definition) is 4. The van der Waals surface area contributed by atoms with Crippen molar-refractivity contribution in [1.29, 1.82) is 0 Å². The van der Waals surface area contributed by atoms with Gasteiger partial charge in [-0.05, 0) is 43.0 Å². The molecule has 0 aliphatic heterocycles. The number of amides is 1. The molecule has 1 saturated carbocycles. The third-order valence-corrected chi connectivity index (χ3v) is 6.49. The van der Waals surface area contributed by atoms with E-state index in [0.29, 0.717) is 22.0 Å². The molecule has 1 heterocycles. The maximum absolute atomic E-state index is 13.2. The molecule has 0 spiro atoms. The van der Waals surface area contributed by atoms with Crippen molar-refractivity contribution in [1.82, 2.24) is 14.9 Å². The van der Waals surface area contributed by atoms with Gasteiger partial charge in [0.1, 0.15) is 0 Å². The number of hydrogen-bond donors (Lipinski definition) is 1. The van der Waals surface area contributed by atoms with E-state index in [1.807, 2.05) is 48.5 Å². The molecule has 1 aliphatic carbocycles. The molecule has 1 aliphatic rings. The van der Waals surface area contributed by atoms with Crippen LogP contribution in [0.15, 0.2) is 64.5 Å². The van der Waals surface area contributed by atoms with Gasteiger partial charge in [-0.15, -0.1) is 0 Å². The van der Waals surface area contributed by atoms with Crippen molar-refractivity contribution in [2.24, 2.45) is 5.92 Å². The number of aromatic nitrogens is 2. The van der Waals surface area contributed by atoms with Gasteiger partial charge in [0.15, 0.2) is 5.16 Å². The van der Waals surface area contributed by atoms with Crippen molar-refractivity contribution in [3.63, 3.8) is 0 Å². The van der Waals surface area contributed by atoms with Crippen molar-refractivity contribution in [2.75, 3.05) is 5.75 Å². The highest BCUT2D eigenvalue weighted by Crippen LogP contribution is 2.25. The smallest absolute Gasteiger partial charge is 0.266 e. The number of para-hydroxylation sites is 2. The number of carbonyl (C=O) groups excluding carboxylic acids is 1. The summed E-state index contributed by atoms with van der Waals surface area (Å²) < 4.78 is 1.60. The van der Waals surface area contributed by atoms with Crippen LogP contribution in [0, 0.1) is 5.92 Å². The van der Waals surface area contributed by atoms with E-state index in [9.17, 15) is 9.59 Å². The SMILES string of the molecule is CC1CCCCC1NC(=O)CSc1nc2ccccc2c(=O)n1-c1ccccc1. The van der Waals surface area contributed by atoms with Crippen molar-refractivity contribution < 1.29 is 4.79 Å². The number of fused-ring (bicyclic) bond motifs is 1. The van der Waals surface area contributed by atoms with Gasteiger partial charge in [0, 0.05) is 6.04 Å². The van der Waals surface area contributed by atoms with E-state index in [4.69, 9.17) is 4.98 Å². The van der Waals surface area contributed by atoms with Crippen molar-refractivity contribution >= 4 is 28.6 Å². The first-order valence-corrected chi connectivity index (χ1v) is 11.1. The minimum Gasteiger partial charge on any atom is -0.352 e. The minimum atomic E-state index is -0.120. The monoisotopic (exact) mass is 407 g/mol. The lowest BCUT2D eigenvalue weighted by molar-refractivity contribution is -0.119. The van der Waals surface area contributed by atoms with E-state index in [0.717, 1.165) is 18.5 Å². The standard InChI is InChI=1S/C23H25N3O2S/c1-16-9-5-7-13-19(16)24-21(27)15-29-23-25-20-14-8-6-12-18(20)22(28)26(23)17-10-3-2-4-11-17/h2-4,6,8,10-12,14,16,19H,5,7,9,13,15H2,1H3,(H,24,27). The van der Waals surface area contributed by atoms with Crippen molar-refractivity contribution in [2.45, 2.75) is 43.8 Å². The quantitative estimate of drug-likeness (QED) is 0.509. The van der Waals surface area contributed by atoms with Crippen LogP contribution in [0.4, 0.5) is 0 Å². The number of benzene rings is 2. The van der Waals surface area contributed by atoms with Gasteiger partial charge in [0.25, 0.3) is 5.56 Å². The van der Waals surface area contributed by atoms with E-state index >= 15 is 0 Å². The molecule has 0 bridgehead atoms. The van der Waals surface area contributed by atoms with E-state index < -0.39 is 0 Å². The van der Waals surface area contributed by atoms with Gasteiger partial charge in [0.2, 0.25) is 5.91 Å². The highest BCUT2D eigenvalue weighted by Gasteiger charge is 2.23. The summed E-state index contributed by atoms with van der Waals surface area (Å²) in [5, 5.41) is 4.28. The third kappa shape index (κ3) is 4.37. The second-order valence-electron chi connectivity index (χ2n) is 7.61. The van der Waals surface area contributed by atoms with Crippen LogP contribution in [0.5, 0.6) is 0 Å². The molecule has 0 saturated heterocycles. The molecule has 3 aromatic rings. The van der Waals surface area contributed by atoms with Gasteiger partial charge in [0.05, 0.1) is 22.3 Å². The Kier molecular flexibility index (Phi) is 6.00. The summed E-state index contributed by atoms with van der Waals surface area (Å²) in [5.41, 5.74) is 1.28. The average molecular weight is 408 g/mol. The van der Waals surface area contributed by atoms with E-state index in [2.05, 4.69) is 12.2 Å². The Balaban J connectivity index is 1.61. The zero-order valence-corrected chi connectivity index (χ0v) is 17.3. The summed E-state index contributed by atoms with van der Waals surface area (Å²) in [4.78, 5) is 30.4. The molecule has 6 heteroatoms. The predicted octanol–water partition coefficient (Wildman–Crippen LogP) is 4.17. The Morgan fingerprint density at radius 2 is 1.83 bits per heavy atom. The first-order valence-electron chi connectivity index (χ1n) is 10.1. The van der Waals surface area contributed by atoms with E-state index in [-0.39, 0.29) is 23.3 Å². The molecule has 5 nitrogen and oxygen atoms in total. The maximum Gasteiger partial charge on any atom is 0.266 e. The van der Waals surface area contributed by atoms with Crippen LogP contribution >= 0.6 is 11.8 Å². The molecule has 29 heavy (non-hydrogen) atoms. The van der Waals surface area contributed by atoms with Gasteiger partial charge in [-0.2, -0.15) is 0 Å². The van der Waals surface area contributed by atoms with Crippen molar-refractivity contribution in [3.8, 4) is 5.69 Å². The zero-order chi connectivity index (χ0) is 20.2. The fourth-order valence-electron chi connectivity index (χ4n) is 3.92. The van der Waals surface area contributed by atoms with E-state index in [1.165, 1.54) is 24.6 Å². The summed E-state index contributed by atoms with van der Waals surface area (Å²) >= 11 is 1.31. The van der Waals surface area contributed by atoms with Crippen LogP contribution in [0.2, 0.25) is 0 Å². The number of rotatable bonds is 5. The summed E-state index contributed by atoms with van der Waals surface area (Å²) in [6, 6.07) is 17.0. The number of nitrogens with zero attached hydrogens (tertiary/aromatic N) is 2. The second-order valence-corrected chi connectivity index (χ2v) is 8.55. The molecule has 2 unspecified atom stereocenters. The molecule has 4 rings (SSSR count). The Bertz CT molecular complexity index is 1060. The maximum atomic E-state index is 13.2. The van der Waals surface area contributed by atoms with Crippen LogP contribution in [0.25, 0.3) is 16.6 Å². The van der Waals surface area contributed by atoms with Gasteiger partial charge in [-0.1, -0.05) is 61.9 Å². The molecule has 0 radical (unpaired) electrons. The first kappa shape index (κ1) is 19.7. The average Bonchev–Trinajstić information content (AvgIpc) is 2.75. The lowest BCUT2D eigenvalue weighted by Gasteiger charge is -2.29. The topological polar surface area (TPSA) is 64.0 Å². The van der Waals surface area contributed by atoms with Crippen LogP contribution in [0.1, 0.15) is 32.6 Å². The number of thioether (sulfide) groups is 1. The van der Waals surface area contributed by atoms with E-state index in [1.54, 1.807) is 10.6 Å². The molecule has 1 fully saturated rings. The Morgan fingerprint density at radius 1 is 1.10 bits per heavy atom. The number of carbonyl (C=O) groups is 1. The summed E-state index contributed by atoms with van der Waals surface area (Å²) in [6.45, 7) is 2.20. The Morgan fingerprint density at radius 3 is 2.62 bits per heavy atom. The first-order chi connectivity index (χ1) is 14.1. The minimum absolute atomic E-state index is 0.00392. The zero-order valence-electron chi connectivity index (χ0n) is 16.5. The lowest BCUT2D eigenvalue weighted by atomic mass is 9.86.